The second kappa shape index (κ2) is 5.74. The van der Waals surface area contributed by atoms with E-state index in [0.717, 1.165) is 32.8 Å². The van der Waals surface area contributed by atoms with Crippen LogP contribution >= 0.6 is 0 Å². The minimum Gasteiger partial charge on any atom is -0.428 e. The Bertz CT molecular complexity index is 498. The summed E-state index contributed by atoms with van der Waals surface area (Å²) in [6.07, 6.45) is -3.71. The van der Waals surface area contributed by atoms with Crippen molar-refractivity contribution in [1.29, 1.82) is 0 Å². The van der Waals surface area contributed by atoms with E-state index < -0.39 is 17.4 Å². The van der Waals surface area contributed by atoms with Crippen LogP contribution in [0.3, 0.4) is 0 Å². The summed E-state index contributed by atoms with van der Waals surface area (Å²) in [7, 11) is 0. The van der Waals surface area contributed by atoms with Gasteiger partial charge in [-0.15, -0.1) is 0 Å². The Morgan fingerprint density at radius 1 is 0.864 bits per heavy atom. The maximum atomic E-state index is 13.8. The summed E-state index contributed by atoms with van der Waals surface area (Å²) in [6.45, 7) is 9.21. The number of ether oxygens (including phenoxy) is 1. The maximum absolute atomic E-state index is 13.8. The molecule has 0 aliphatic carbocycles. The van der Waals surface area contributed by atoms with Gasteiger partial charge in [-0.2, -0.15) is 17.6 Å². The largest absolute Gasteiger partial charge is 0.464 e. The van der Waals surface area contributed by atoms with E-state index >= 15 is 0 Å². The minimum absolute atomic E-state index is 0.115. The van der Waals surface area contributed by atoms with E-state index in [1.54, 1.807) is 12.1 Å². The van der Waals surface area contributed by atoms with Gasteiger partial charge in [0, 0.05) is 5.41 Å². The number of alkyl halides is 4. The molecular weight excluding hydrogens is 296 g/mol. The fraction of sp³-hybridized carbons (Fsp3) is 0.647. The van der Waals surface area contributed by atoms with Crippen LogP contribution in [-0.4, -0.2) is 12.0 Å². The minimum atomic E-state index is -4.58. The lowest BCUT2D eigenvalue weighted by molar-refractivity contribution is -0.340. The molecule has 0 aliphatic heterocycles. The Morgan fingerprint density at radius 2 is 1.32 bits per heavy atom. The van der Waals surface area contributed by atoms with E-state index in [2.05, 4.69) is 4.74 Å². The summed E-state index contributed by atoms with van der Waals surface area (Å²) in [5, 5.41) is 0. The standard InChI is InChI=1S/C17H24F4O/c1-7-15(5,6)12-8-10-13(11-9-12)22-17(20,21)16(18,19)14(2,3)4/h8-11H,7H2,1-6H3. The fourth-order valence-corrected chi connectivity index (χ4v) is 1.83. The van der Waals surface area contributed by atoms with Crippen molar-refractivity contribution in [3.05, 3.63) is 29.8 Å². The topological polar surface area (TPSA) is 9.23 Å². The van der Waals surface area contributed by atoms with Gasteiger partial charge in [0.25, 0.3) is 0 Å². The van der Waals surface area contributed by atoms with Crippen LogP contribution in [0.15, 0.2) is 24.3 Å². The lowest BCUT2D eigenvalue weighted by Crippen LogP contribution is -2.53. The van der Waals surface area contributed by atoms with Crippen LogP contribution in [-0.2, 0) is 5.41 Å². The quantitative estimate of drug-likeness (QED) is 0.602. The molecule has 5 heteroatoms. The number of benzene rings is 1. The van der Waals surface area contributed by atoms with Gasteiger partial charge < -0.3 is 4.74 Å². The molecule has 0 saturated heterocycles. The lowest BCUT2D eigenvalue weighted by Gasteiger charge is -2.35. The molecule has 1 aromatic carbocycles. The molecular formula is C17H24F4O. The van der Waals surface area contributed by atoms with E-state index in [1.807, 2.05) is 20.8 Å². The second-order valence-electron chi connectivity index (χ2n) is 7.21. The average Bonchev–Trinajstić information content (AvgIpc) is 2.37. The summed E-state index contributed by atoms with van der Waals surface area (Å²) in [4.78, 5) is 0. The van der Waals surface area contributed by atoms with Gasteiger partial charge in [0.1, 0.15) is 5.75 Å². The SMILES string of the molecule is CCC(C)(C)c1ccc(OC(F)(F)C(F)(F)C(C)(C)C)cc1. The number of hydrogen-bond donors (Lipinski definition) is 0. The third kappa shape index (κ3) is 3.55. The molecule has 126 valence electrons. The summed E-state index contributed by atoms with van der Waals surface area (Å²) in [5.41, 5.74) is -1.09. The van der Waals surface area contributed by atoms with E-state index in [9.17, 15) is 17.6 Å². The summed E-state index contributed by atoms with van der Waals surface area (Å²) in [5.74, 6) is -4.56. The average molecular weight is 320 g/mol. The van der Waals surface area contributed by atoms with Crippen LogP contribution in [0.5, 0.6) is 5.75 Å². The molecule has 0 bridgehead atoms. The maximum Gasteiger partial charge on any atom is 0.464 e. The van der Waals surface area contributed by atoms with Crippen molar-refractivity contribution in [2.45, 2.75) is 65.4 Å². The van der Waals surface area contributed by atoms with Crippen molar-refractivity contribution < 1.29 is 22.3 Å². The number of halogens is 4. The molecule has 0 saturated carbocycles. The van der Waals surface area contributed by atoms with Crippen molar-refractivity contribution in [2.75, 3.05) is 0 Å². The van der Waals surface area contributed by atoms with Gasteiger partial charge in [0.2, 0.25) is 0 Å². The molecule has 0 radical (unpaired) electrons. The normalized spacial score (nSPS) is 14.1. The van der Waals surface area contributed by atoms with Gasteiger partial charge in [-0.3, -0.25) is 0 Å². The monoisotopic (exact) mass is 320 g/mol. The van der Waals surface area contributed by atoms with Gasteiger partial charge in [-0.25, -0.2) is 0 Å². The molecule has 22 heavy (non-hydrogen) atoms. The van der Waals surface area contributed by atoms with E-state index in [4.69, 9.17) is 0 Å². The highest BCUT2D eigenvalue weighted by molar-refractivity contribution is 5.31. The summed E-state index contributed by atoms with van der Waals surface area (Å²) >= 11 is 0. The van der Waals surface area contributed by atoms with Crippen molar-refractivity contribution in [3.8, 4) is 5.75 Å². The van der Waals surface area contributed by atoms with Gasteiger partial charge in [-0.05, 0) is 29.5 Å². The molecule has 1 nitrogen and oxygen atoms in total. The predicted molar refractivity (Wildman–Crippen MR) is 79.7 cm³/mol. The van der Waals surface area contributed by atoms with Gasteiger partial charge >= 0.3 is 12.0 Å². The molecule has 1 rings (SSSR count). The first-order valence-electron chi connectivity index (χ1n) is 7.30. The molecule has 0 fully saturated rings. The van der Waals surface area contributed by atoms with E-state index in [0.29, 0.717) is 0 Å². The zero-order chi connectivity index (χ0) is 17.4. The highest BCUT2D eigenvalue weighted by Gasteiger charge is 2.65. The summed E-state index contributed by atoms with van der Waals surface area (Å²) < 4.78 is 59.6. The lowest BCUT2D eigenvalue weighted by atomic mass is 9.82. The van der Waals surface area contributed by atoms with Crippen LogP contribution in [0.2, 0.25) is 0 Å². The fourth-order valence-electron chi connectivity index (χ4n) is 1.83. The molecule has 0 aliphatic rings. The van der Waals surface area contributed by atoms with Crippen LogP contribution in [0.1, 0.15) is 53.5 Å². The first-order chi connectivity index (χ1) is 9.74. The highest BCUT2D eigenvalue weighted by atomic mass is 19.3. The molecule has 0 atom stereocenters. The predicted octanol–water partition coefficient (Wildman–Crippen LogP) is 6.03. The molecule has 0 heterocycles. The third-order valence-electron chi connectivity index (χ3n) is 4.07. The molecule has 0 amide bonds. The highest BCUT2D eigenvalue weighted by Crippen LogP contribution is 2.47. The van der Waals surface area contributed by atoms with Crippen LogP contribution in [0, 0.1) is 5.41 Å². The van der Waals surface area contributed by atoms with Crippen molar-refractivity contribution >= 4 is 0 Å². The Kier molecular flexibility index (Phi) is 4.91. The van der Waals surface area contributed by atoms with Crippen molar-refractivity contribution in [1.82, 2.24) is 0 Å². The van der Waals surface area contributed by atoms with Crippen LogP contribution in [0.4, 0.5) is 17.6 Å². The zero-order valence-corrected chi connectivity index (χ0v) is 13.9. The molecule has 0 spiro atoms. The first kappa shape index (κ1) is 18.8. The smallest absolute Gasteiger partial charge is 0.428 e. The van der Waals surface area contributed by atoms with E-state index in [-0.39, 0.29) is 11.2 Å². The second-order valence-corrected chi connectivity index (χ2v) is 7.21. The van der Waals surface area contributed by atoms with Gasteiger partial charge in [-0.1, -0.05) is 53.7 Å². The molecule has 0 unspecified atom stereocenters. The van der Waals surface area contributed by atoms with Crippen LogP contribution in [0.25, 0.3) is 0 Å². The van der Waals surface area contributed by atoms with Crippen molar-refractivity contribution in [2.24, 2.45) is 5.41 Å². The third-order valence-corrected chi connectivity index (χ3v) is 4.07. The molecule has 1 aromatic rings. The van der Waals surface area contributed by atoms with Crippen LogP contribution < -0.4 is 4.74 Å². The van der Waals surface area contributed by atoms with E-state index in [1.165, 1.54) is 12.1 Å². The Balaban J connectivity index is 3.00. The Hall–Kier alpha value is -1.26. The Morgan fingerprint density at radius 3 is 1.68 bits per heavy atom. The number of hydrogen-bond acceptors (Lipinski definition) is 1. The van der Waals surface area contributed by atoms with Gasteiger partial charge in [0.15, 0.2) is 0 Å². The number of rotatable bonds is 5. The van der Waals surface area contributed by atoms with Crippen molar-refractivity contribution in [3.63, 3.8) is 0 Å². The summed E-state index contributed by atoms with van der Waals surface area (Å²) in [6, 6.07) is 5.87. The zero-order valence-electron chi connectivity index (χ0n) is 13.9. The molecule has 0 aromatic heterocycles. The first-order valence-corrected chi connectivity index (χ1v) is 7.30. The Labute approximate surface area is 129 Å². The van der Waals surface area contributed by atoms with Gasteiger partial charge in [0.05, 0.1) is 0 Å². The molecule has 0 N–H and O–H groups in total.